The van der Waals surface area contributed by atoms with Crippen LogP contribution in [-0.2, 0) is 10.8 Å². The first-order valence-electron chi connectivity index (χ1n) is 6.37. The highest BCUT2D eigenvalue weighted by atomic mass is 32.2. The standard InChI is InChI=1S/C14H20FNOS/c1-10(18(2)17)9-16-14-7-12(8-14)11-3-5-13(15)6-4-11/h3-6,10,12,14,16H,7-9H2,1-2H3. The molecule has 1 aromatic rings. The molecule has 0 bridgehead atoms. The van der Waals surface area contributed by atoms with Crippen LogP contribution in [0.15, 0.2) is 24.3 Å². The van der Waals surface area contributed by atoms with E-state index in [2.05, 4.69) is 5.32 Å². The van der Waals surface area contributed by atoms with Crippen LogP contribution in [0.5, 0.6) is 0 Å². The number of rotatable bonds is 5. The second-order valence-corrected chi connectivity index (χ2v) is 6.94. The second kappa shape index (κ2) is 5.93. The van der Waals surface area contributed by atoms with E-state index >= 15 is 0 Å². The summed E-state index contributed by atoms with van der Waals surface area (Å²) in [5.41, 5.74) is 1.22. The van der Waals surface area contributed by atoms with E-state index in [4.69, 9.17) is 0 Å². The van der Waals surface area contributed by atoms with Crippen molar-refractivity contribution in [1.82, 2.24) is 5.32 Å². The number of benzene rings is 1. The Labute approximate surface area is 110 Å². The summed E-state index contributed by atoms with van der Waals surface area (Å²) in [6, 6.07) is 7.32. The first-order chi connectivity index (χ1) is 8.56. The fourth-order valence-electron chi connectivity index (χ4n) is 2.24. The van der Waals surface area contributed by atoms with E-state index in [9.17, 15) is 8.60 Å². The Morgan fingerprint density at radius 3 is 2.56 bits per heavy atom. The maximum atomic E-state index is 12.8. The maximum Gasteiger partial charge on any atom is 0.123 e. The molecule has 0 spiro atoms. The molecule has 0 radical (unpaired) electrons. The van der Waals surface area contributed by atoms with Crippen molar-refractivity contribution in [1.29, 1.82) is 0 Å². The lowest BCUT2D eigenvalue weighted by Crippen LogP contribution is -2.43. The molecule has 100 valence electrons. The Kier molecular flexibility index (Phi) is 4.51. The molecule has 1 saturated carbocycles. The van der Waals surface area contributed by atoms with Gasteiger partial charge in [0.15, 0.2) is 0 Å². The van der Waals surface area contributed by atoms with Gasteiger partial charge in [-0.2, -0.15) is 0 Å². The first kappa shape index (κ1) is 13.7. The summed E-state index contributed by atoms with van der Waals surface area (Å²) < 4.78 is 24.0. The average Bonchev–Trinajstić information content (AvgIpc) is 2.28. The zero-order valence-electron chi connectivity index (χ0n) is 10.9. The number of hydrogen-bond acceptors (Lipinski definition) is 2. The Hall–Kier alpha value is -0.740. The van der Waals surface area contributed by atoms with E-state index in [-0.39, 0.29) is 11.1 Å². The molecule has 0 aliphatic heterocycles. The smallest absolute Gasteiger partial charge is 0.123 e. The van der Waals surface area contributed by atoms with Crippen LogP contribution < -0.4 is 5.32 Å². The Morgan fingerprint density at radius 2 is 2.00 bits per heavy atom. The lowest BCUT2D eigenvalue weighted by Gasteiger charge is -2.37. The van der Waals surface area contributed by atoms with Crippen molar-refractivity contribution in [3.05, 3.63) is 35.6 Å². The fraction of sp³-hybridized carbons (Fsp3) is 0.571. The summed E-state index contributed by atoms with van der Waals surface area (Å²) in [5, 5.41) is 3.65. The molecule has 2 atom stereocenters. The molecule has 1 aliphatic carbocycles. The van der Waals surface area contributed by atoms with Gasteiger partial charge in [0.05, 0.1) is 0 Å². The van der Waals surface area contributed by atoms with Gasteiger partial charge in [-0.3, -0.25) is 4.21 Å². The van der Waals surface area contributed by atoms with E-state index in [0.29, 0.717) is 12.0 Å². The van der Waals surface area contributed by atoms with Crippen molar-refractivity contribution >= 4 is 10.8 Å². The second-order valence-electron chi connectivity index (χ2n) is 5.13. The third-order valence-electron chi connectivity index (χ3n) is 3.74. The topological polar surface area (TPSA) is 29.1 Å². The molecule has 1 N–H and O–H groups in total. The van der Waals surface area contributed by atoms with Gasteiger partial charge in [-0.15, -0.1) is 0 Å². The SMILES string of the molecule is CC(CNC1CC(c2ccc(F)cc2)C1)S(C)=O. The Morgan fingerprint density at radius 1 is 1.39 bits per heavy atom. The quantitative estimate of drug-likeness (QED) is 0.889. The van der Waals surface area contributed by atoms with Gasteiger partial charge in [0.1, 0.15) is 5.82 Å². The Balaban J connectivity index is 1.74. The predicted molar refractivity (Wildman–Crippen MR) is 73.7 cm³/mol. The first-order valence-corrected chi connectivity index (χ1v) is 7.99. The highest BCUT2D eigenvalue weighted by molar-refractivity contribution is 7.84. The summed E-state index contributed by atoms with van der Waals surface area (Å²) in [7, 11) is -0.756. The minimum absolute atomic E-state index is 0.174. The Bertz CT molecular complexity index is 414. The van der Waals surface area contributed by atoms with Crippen LogP contribution >= 0.6 is 0 Å². The van der Waals surface area contributed by atoms with Gasteiger partial charge < -0.3 is 5.32 Å². The van der Waals surface area contributed by atoms with Gasteiger partial charge in [-0.25, -0.2) is 4.39 Å². The molecule has 4 heteroatoms. The van der Waals surface area contributed by atoms with Gasteiger partial charge in [0, 0.05) is 34.9 Å². The molecule has 0 amide bonds. The lowest BCUT2D eigenvalue weighted by molar-refractivity contribution is 0.292. The highest BCUT2D eigenvalue weighted by Crippen LogP contribution is 2.36. The summed E-state index contributed by atoms with van der Waals surface area (Å²) in [5.74, 6) is 0.373. The number of hydrogen-bond donors (Lipinski definition) is 1. The van der Waals surface area contributed by atoms with Crippen LogP contribution in [0.3, 0.4) is 0 Å². The van der Waals surface area contributed by atoms with E-state index in [1.165, 1.54) is 17.7 Å². The molecule has 1 fully saturated rings. The van der Waals surface area contributed by atoms with Crippen molar-refractivity contribution in [2.45, 2.75) is 37.0 Å². The van der Waals surface area contributed by atoms with Crippen molar-refractivity contribution < 1.29 is 8.60 Å². The van der Waals surface area contributed by atoms with Crippen molar-refractivity contribution in [3.8, 4) is 0 Å². The van der Waals surface area contributed by atoms with Gasteiger partial charge in [0.25, 0.3) is 0 Å². The largest absolute Gasteiger partial charge is 0.313 e. The highest BCUT2D eigenvalue weighted by Gasteiger charge is 2.30. The van der Waals surface area contributed by atoms with Crippen LogP contribution in [0.4, 0.5) is 4.39 Å². The van der Waals surface area contributed by atoms with Gasteiger partial charge >= 0.3 is 0 Å². The number of halogens is 1. The molecule has 1 aliphatic rings. The van der Waals surface area contributed by atoms with Crippen molar-refractivity contribution in [3.63, 3.8) is 0 Å². The predicted octanol–water partition coefficient (Wildman–Crippen LogP) is 2.43. The van der Waals surface area contributed by atoms with Crippen LogP contribution in [0.25, 0.3) is 0 Å². The normalized spacial score (nSPS) is 26.4. The van der Waals surface area contributed by atoms with Crippen LogP contribution in [0, 0.1) is 5.82 Å². The monoisotopic (exact) mass is 269 g/mol. The summed E-state index contributed by atoms with van der Waals surface area (Å²) in [4.78, 5) is 0. The minimum Gasteiger partial charge on any atom is -0.313 e. The van der Waals surface area contributed by atoms with Crippen LogP contribution in [-0.4, -0.2) is 28.3 Å². The fourth-order valence-corrected chi connectivity index (χ4v) is 2.57. The van der Waals surface area contributed by atoms with Gasteiger partial charge in [-0.1, -0.05) is 12.1 Å². The molecule has 18 heavy (non-hydrogen) atoms. The molecule has 2 nitrogen and oxygen atoms in total. The molecule has 2 unspecified atom stereocenters. The van der Waals surface area contributed by atoms with Crippen LogP contribution in [0.2, 0.25) is 0 Å². The average molecular weight is 269 g/mol. The molecule has 2 rings (SSSR count). The molecular weight excluding hydrogens is 249 g/mol. The van der Waals surface area contributed by atoms with Crippen molar-refractivity contribution in [2.24, 2.45) is 0 Å². The summed E-state index contributed by atoms with van der Waals surface area (Å²) in [6.45, 7) is 2.81. The third kappa shape index (κ3) is 3.39. The zero-order chi connectivity index (χ0) is 13.1. The maximum absolute atomic E-state index is 12.8. The van der Waals surface area contributed by atoms with Crippen molar-refractivity contribution in [2.75, 3.05) is 12.8 Å². The molecular formula is C14H20FNOS. The van der Waals surface area contributed by atoms with Gasteiger partial charge in [0.2, 0.25) is 0 Å². The lowest BCUT2D eigenvalue weighted by atomic mass is 9.76. The third-order valence-corrected chi connectivity index (χ3v) is 5.04. The van der Waals surface area contributed by atoms with E-state index in [1.54, 1.807) is 6.26 Å². The minimum atomic E-state index is -0.756. The summed E-state index contributed by atoms with van der Waals surface area (Å²) in [6.07, 6.45) is 3.93. The van der Waals surface area contributed by atoms with E-state index in [0.717, 1.165) is 19.4 Å². The molecule has 1 aromatic carbocycles. The van der Waals surface area contributed by atoms with E-state index < -0.39 is 10.8 Å². The number of nitrogens with one attached hydrogen (secondary N) is 1. The zero-order valence-corrected chi connectivity index (χ0v) is 11.7. The van der Waals surface area contributed by atoms with Gasteiger partial charge in [-0.05, 0) is 43.4 Å². The molecule has 0 aromatic heterocycles. The molecule has 0 heterocycles. The summed E-state index contributed by atoms with van der Waals surface area (Å²) >= 11 is 0. The van der Waals surface area contributed by atoms with Crippen LogP contribution in [0.1, 0.15) is 31.2 Å². The van der Waals surface area contributed by atoms with E-state index in [1.807, 2.05) is 19.1 Å². The molecule has 0 saturated heterocycles.